The van der Waals surface area contributed by atoms with Crippen molar-refractivity contribution in [2.45, 2.75) is 33.1 Å². The highest BCUT2D eigenvalue weighted by Gasteiger charge is 2.22. The molecule has 0 aliphatic heterocycles. The lowest BCUT2D eigenvalue weighted by molar-refractivity contribution is 0.0727. The lowest BCUT2D eigenvalue weighted by atomic mass is 9.86. The standard InChI is InChI=1S/C19H21BrO3/c1-5-22-16-9-7-6-8-14(16)18(21)23-17-11-10-13(20)12-15(17)19(2,3)4/h6-12H,5H2,1-4H3. The summed E-state index contributed by atoms with van der Waals surface area (Å²) in [5.41, 5.74) is 1.25. The highest BCUT2D eigenvalue weighted by atomic mass is 79.9. The van der Waals surface area contributed by atoms with E-state index in [-0.39, 0.29) is 5.41 Å². The highest BCUT2D eigenvalue weighted by molar-refractivity contribution is 9.10. The molecule has 4 heteroatoms. The molecule has 0 saturated heterocycles. The van der Waals surface area contributed by atoms with E-state index < -0.39 is 5.97 Å². The topological polar surface area (TPSA) is 35.5 Å². The molecule has 3 nitrogen and oxygen atoms in total. The van der Waals surface area contributed by atoms with Gasteiger partial charge in [-0.15, -0.1) is 0 Å². The zero-order valence-electron chi connectivity index (χ0n) is 13.9. The van der Waals surface area contributed by atoms with Gasteiger partial charge in [0.2, 0.25) is 0 Å². The molecule has 0 heterocycles. The van der Waals surface area contributed by atoms with E-state index in [1.54, 1.807) is 18.2 Å². The number of carbonyl (C=O) groups is 1. The molecule has 0 spiro atoms. The van der Waals surface area contributed by atoms with Gasteiger partial charge in [-0.3, -0.25) is 0 Å². The number of hydrogen-bond donors (Lipinski definition) is 0. The first-order valence-electron chi connectivity index (χ1n) is 7.57. The second-order valence-electron chi connectivity index (χ2n) is 6.21. The molecule has 0 N–H and O–H groups in total. The maximum absolute atomic E-state index is 12.6. The van der Waals surface area contributed by atoms with E-state index in [0.29, 0.717) is 23.7 Å². The van der Waals surface area contributed by atoms with Gasteiger partial charge in [-0.25, -0.2) is 4.79 Å². The van der Waals surface area contributed by atoms with Crippen LogP contribution in [0.2, 0.25) is 0 Å². The zero-order valence-corrected chi connectivity index (χ0v) is 15.4. The monoisotopic (exact) mass is 376 g/mol. The molecule has 0 saturated carbocycles. The van der Waals surface area contributed by atoms with Crippen LogP contribution in [-0.2, 0) is 5.41 Å². The first-order chi connectivity index (χ1) is 10.8. The molecular formula is C19H21BrO3. The molecule has 122 valence electrons. The Hall–Kier alpha value is -1.81. The van der Waals surface area contributed by atoms with Crippen LogP contribution in [0.4, 0.5) is 0 Å². The largest absolute Gasteiger partial charge is 0.493 e. The quantitative estimate of drug-likeness (QED) is 0.531. The number of carbonyl (C=O) groups excluding carboxylic acids is 1. The Labute approximate surface area is 145 Å². The summed E-state index contributed by atoms with van der Waals surface area (Å²) in [6.07, 6.45) is 0. The molecule has 0 radical (unpaired) electrons. The van der Waals surface area contributed by atoms with Crippen LogP contribution in [0.3, 0.4) is 0 Å². The van der Waals surface area contributed by atoms with E-state index >= 15 is 0 Å². The first kappa shape index (κ1) is 17.5. The van der Waals surface area contributed by atoms with E-state index in [0.717, 1.165) is 10.0 Å². The van der Waals surface area contributed by atoms with E-state index in [1.165, 1.54) is 0 Å². The van der Waals surface area contributed by atoms with Crippen molar-refractivity contribution >= 4 is 21.9 Å². The second-order valence-corrected chi connectivity index (χ2v) is 7.12. The summed E-state index contributed by atoms with van der Waals surface area (Å²) >= 11 is 3.47. The zero-order chi connectivity index (χ0) is 17.0. The van der Waals surface area contributed by atoms with Crippen molar-refractivity contribution in [3.05, 3.63) is 58.1 Å². The van der Waals surface area contributed by atoms with Crippen molar-refractivity contribution in [3.63, 3.8) is 0 Å². The third-order valence-corrected chi connectivity index (χ3v) is 3.85. The van der Waals surface area contributed by atoms with Crippen LogP contribution in [0.15, 0.2) is 46.9 Å². The summed E-state index contributed by atoms with van der Waals surface area (Å²) in [5.74, 6) is 0.688. The first-order valence-corrected chi connectivity index (χ1v) is 8.36. The van der Waals surface area contributed by atoms with Crippen LogP contribution in [0.1, 0.15) is 43.6 Å². The summed E-state index contributed by atoms with van der Waals surface area (Å²) in [4.78, 5) is 12.6. The average Bonchev–Trinajstić information content (AvgIpc) is 2.49. The SMILES string of the molecule is CCOc1ccccc1C(=O)Oc1ccc(Br)cc1C(C)(C)C. The predicted molar refractivity (Wildman–Crippen MR) is 95.4 cm³/mol. The second kappa shape index (κ2) is 7.18. The minimum absolute atomic E-state index is 0.140. The number of ether oxygens (including phenoxy) is 2. The fourth-order valence-corrected chi connectivity index (χ4v) is 2.61. The minimum atomic E-state index is -0.415. The maximum atomic E-state index is 12.6. The van der Waals surface area contributed by atoms with Gasteiger partial charge >= 0.3 is 5.97 Å². The molecule has 2 rings (SSSR count). The molecule has 0 aliphatic carbocycles. The molecule has 0 bridgehead atoms. The molecule has 0 fully saturated rings. The van der Waals surface area contributed by atoms with Gasteiger partial charge in [0.15, 0.2) is 0 Å². The van der Waals surface area contributed by atoms with Crippen molar-refractivity contribution in [1.82, 2.24) is 0 Å². The Kier molecular flexibility index (Phi) is 5.47. The Morgan fingerprint density at radius 2 is 1.78 bits per heavy atom. The third kappa shape index (κ3) is 4.35. The molecule has 2 aromatic carbocycles. The van der Waals surface area contributed by atoms with Crippen molar-refractivity contribution in [1.29, 1.82) is 0 Å². The Morgan fingerprint density at radius 1 is 1.09 bits per heavy atom. The molecule has 23 heavy (non-hydrogen) atoms. The summed E-state index contributed by atoms with van der Waals surface area (Å²) in [5, 5.41) is 0. The molecule has 0 aromatic heterocycles. The third-order valence-electron chi connectivity index (χ3n) is 3.36. The Bertz CT molecular complexity index is 702. The van der Waals surface area contributed by atoms with Gasteiger partial charge in [-0.05, 0) is 42.7 Å². The predicted octanol–water partition coefficient (Wildman–Crippen LogP) is 5.36. The molecule has 2 aromatic rings. The van der Waals surface area contributed by atoms with E-state index in [9.17, 15) is 4.79 Å². The summed E-state index contributed by atoms with van der Waals surface area (Å²) < 4.78 is 12.1. The number of hydrogen-bond acceptors (Lipinski definition) is 3. The molecule has 0 amide bonds. The molecule has 0 atom stereocenters. The van der Waals surface area contributed by atoms with E-state index in [1.807, 2.05) is 31.2 Å². The number of halogens is 1. The van der Waals surface area contributed by atoms with E-state index in [2.05, 4.69) is 36.7 Å². The van der Waals surface area contributed by atoms with Gasteiger partial charge in [0.05, 0.1) is 6.61 Å². The lowest BCUT2D eigenvalue weighted by Gasteiger charge is -2.22. The van der Waals surface area contributed by atoms with Crippen LogP contribution in [0.25, 0.3) is 0 Å². The van der Waals surface area contributed by atoms with Crippen LogP contribution in [0.5, 0.6) is 11.5 Å². The van der Waals surface area contributed by atoms with Gasteiger partial charge in [-0.1, -0.05) is 48.8 Å². The van der Waals surface area contributed by atoms with Crippen LogP contribution < -0.4 is 9.47 Å². The maximum Gasteiger partial charge on any atom is 0.347 e. The van der Waals surface area contributed by atoms with Gasteiger partial charge in [0.25, 0.3) is 0 Å². The lowest BCUT2D eigenvalue weighted by Crippen LogP contribution is -2.17. The highest BCUT2D eigenvalue weighted by Crippen LogP contribution is 2.34. The number of esters is 1. The minimum Gasteiger partial charge on any atom is -0.493 e. The van der Waals surface area contributed by atoms with Crippen LogP contribution in [0, 0.1) is 0 Å². The Morgan fingerprint density at radius 3 is 2.43 bits per heavy atom. The average molecular weight is 377 g/mol. The smallest absolute Gasteiger partial charge is 0.347 e. The normalized spacial score (nSPS) is 11.2. The summed E-state index contributed by atoms with van der Waals surface area (Å²) in [7, 11) is 0. The van der Waals surface area contributed by atoms with E-state index in [4.69, 9.17) is 9.47 Å². The van der Waals surface area contributed by atoms with Crippen molar-refractivity contribution in [2.75, 3.05) is 6.61 Å². The van der Waals surface area contributed by atoms with Gasteiger partial charge in [-0.2, -0.15) is 0 Å². The number of rotatable bonds is 4. The number of para-hydroxylation sites is 1. The van der Waals surface area contributed by atoms with Crippen LogP contribution >= 0.6 is 15.9 Å². The van der Waals surface area contributed by atoms with Crippen molar-refractivity contribution < 1.29 is 14.3 Å². The Balaban J connectivity index is 2.35. The van der Waals surface area contributed by atoms with Gasteiger partial charge < -0.3 is 9.47 Å². The number of benzene rings is 2. The fraction of sp³-hybridized carbons (Fsp3) is 0.316. The summed E-state index contributed by atoms with van der Waals surface area (Å²) in [6.45, 7) is 8.63. The molecule has 0 unspecified atom stereocenters. The summed E-state index contributed by atoms with van der Waals surface area (Å²) in [6, 6.07) is 12.8. The fourth-order valence-electron chi connectivity index (χ4n) is 2.25. The van der Waals surface area contributed by atoms with Crippen molar-refractivity contribution in [2.24, 2.45) is 0 Å². The van der Waals surface area contributed by atoms with Crippen molar-refractivity contribution in [3.8, 4) is 11.5 Å². The van der Waals surface area contributed by atoms with Gasteiger partial charge in [0, 0.05) is 10.0 Å². The van der Waals surface area contributed by atoms with Gasteiger partial charge in [0.1, 0.15) is 17.1 Å². The molecular weight excluding hydrogens is 356 g/mol. The van der Waals surface area contributed by atoms with Crippen LogP contribution in [-0.4, -0.2) is 12.6 Å². The molecule has 0 aliphatic rings.